The molecule has 1 aromatic heterocycles. The lowest BCUT2D eigenvalue weighted by Crippen LogP contribution is -2.37. The van der Waals surface area contributed by atoms with Crippen LogP contribution in [0.2, 0.25) is 0 Å². The van der Waals surface area contributed by atoms with Crippen LogP contribution in [0.25, 0.3) is 0 Å². The molecule has 0 atom stereocenters. The molecule has 1 aromatic rings. The monoisotopic (exact) mass is 232 g/mol. The molecule has 4 nitrogen and oxygen atoms in total. The molecule has 1 aliphatic carbocycles. The van der Waals surface area contributed by atoms with E-state index >= 15 is 0 Å². The summed E-state index contributed by atoms with van der Waals surface area (Å²) in [5.74, 6) is 1.76. The maximum atomic E-state index is 11.6. The van der Waals surface area contributed by atoms with Gasteiger partial charge in [0.25, 0.3) is 0 Å². The smallest absolute Gasteiger partial charge is 0.314 e. The number of hydrogen-bond donors (Lipinski definition) is 1. The van der Waals surface area contributed by atoms with Crippen LogP contribution >= 0.6 is 0 Å². The van der Waals surface area contributed by atoms with Crippen molar-refractivity contribution >= 4 is 5.97 Å². The standard InChI is InChI=1S/C13H16N2O2/c1-2-8-15-10-11(9-14-15)13(12(16)17)6-4-3-5-7-13/h1,9-10H,3-8H2,(H,16,17). The molecule has 0 spiro atoms. The number of aromatic nitrogens is 2. The highest BCUT2D eigenvalue weighted by atomic mass is 16.4. The van der Waals surface area contributed by atoms with E-state index in [-0.39, 0.29) is 0 Å². The van der Waals surface area contributed by atoms with Gasteiger partial charge in [0, 0.05) is 11.8 Å². The summed E-state index contributed by atoms with van der Waals surface area (Å²) in [5.41, 5.74) is 0.0467. The van der Waals surface area contributed by atoms with Crippen LogP contribution < -0.4 is 0 Å². The van der Waals surface area contributed by atoms with Crippen molar-refractivity contribution in [1.29, 1.82) is 0 Å². The van der Waals surface area contributed by atoms with Gasteiger partial charge in [-0.2, -0.15) is 5.10 Å². The van der Waals surface area contributed by atoms with Crippen molar-refractivity contribution < 1.29 is 9.90 Å². The molecule has 0 aliphatic heterocycles. The van der Waals surface area contributed by atoms with Gasteiger partial charge in [-0.05, 0) is 12.8 Å². The van der Waals surface area contributed by atoms with Crippen molar-refractivity contribution in [2.45, 2.75) is 44.1 Å². The highest BCUT2D eigenvalue weighted by Gasteiger charge is 2.42. The zero-order valence-electron chi connectivity index (χ0n) is 9.72. The van der Waals surface area contributed by atoms with Crippen molar-refractivity contribution in [3.05, 3.63) is 18.0 Å². The minimum Gasteiger partial charge on any atom is -0.481 e. The summed E-state index contributed by atoms with van der Waals surface area (Å²) in [5, 5.41) is 13.6. The van der Waals surface area contributed by atoms with E-state index in [1.807, 2.05) is 0 Å². The molecule has 0 saturated heterocycles. The Balaban J connectivity index is 2.32. The number of hydrogen-bond acceptors (Lipinski definition) is 2. The Bertz CT molecular complexity index is 450. The first-order valence-electron chi connectivity index (χ1n) is 5.89. The lowest BCUT2D eigenvalue weighted by Gasteiger charge is -2.32. The third kappa shape index (κ3) is 2.05. The van der Waals surface area contributed by atoms with Gasteiger partial charge in [-0.3, -0.25) is 9.48 Å². The third-order valence-electron chi connectivity index (χ3n) is 3.56. The second-order valence-electron chi connectivity index (χ2n) is 4.58. The van der Waals surface area contributed by atoms with Crippen LogP contribution in [0.5, 0.6) is 0 Å². The summed E-state index contributed by atoms with van der Waals surface area (Å²) >= 11 is 0. The Morgan fingerprint density at radius 3 is 2.82 bits per heavy atom. The van der Waals surface area contributed by atoms with Gasteiger partial charge in [0.2, 0.25) is 0 Å². The minimum absolute atomic E-state index is 0.385. The fourth-order valence-corrected chi connectivity index (χ4v) is 2.57. The maximum absolute atomic E-state index is 11.6. The van der Waals surface area contributed by atoms with E-state index in [2.05, 4.69) is 11.0 Å². The van der Waals surface area contributed by atoms with Crippen LogP contribution in [-0.2, 0) is 16.8 Å². The predicted molar refractivity (Wildman–Crippen MR) is 63.5 cm³/mol. The molecule has 1 N–H and O–H groups in total. The van der Waals surface area contributed by atoms with Gasteiger partial charge in [0.05, 0.1) is 11.6 Å². The molecule has 0 bridgehead atoms. The van der Waals surface area contributed by atoms with Gasteiger partial charge in [0.15, 0.2) is 0 Å². The number of aliphatic carboxylic acids is 1. The molecule has 0 unspecified atom stereocenters. The quantitative estimate of drug-likeness (QED) is 0.808. The fraction of sp³-hybridized carbons (Fsp3) is 0.538. The van der Waals surface area contributed by atoms with E-state index in [0.717, 1.165) is 24.8 Å². The van der Waals surface area contributed by atoms with E-state index in [9.17, 15) is 9.90 Å². The average molecular weight is 232 g/mol. The van der Waals surface area contributed by atoms with E-state index in [4.69, 9.17) is 6.42 Å². The number of carboxylic acids is 1. The number of terminal acetylenes is 1. The van der Waals surface area contributed by atoms with Gasteiger partial charge >= 0.3 is 5.97 Å². The van der Waals surface area contributed by atoms with E-state index in [1.54, 1.807) is 17.1 Å². The second kappa shape index (κ2) is 4.62. The Labute approximate surface area is 101 Å². The Morgan fingerprint density at radius 1 is 1.53 bits per heavy atom. The zero-order chi connectivity index (χ0) is 12.3. The number of rotatable bonds is 3. The van der Waals surface area contributed by atoms with Gasteiger partial charge in [0.1, 0.15) is 6.54 Å². The zero-order valence-corrected chi connectivity index (χ0v) is 9.72. The summed E-state index contributed by atoms with van der Waals surface area (Å²) in [7, 11) is 0. The molecule has 1 heterocycles. The van der Waals surface area contributed by atoms with E-state index in [1.165, 1.54) is 0 Å². The van der Waals surface area contributed by atoms with Crippen molar-refractivity contribution in [3.8, 4) is 12.3 Å². The summed E-state index contributed by atoms with van der Waals surface area (Å²) in [6.45, 7) is 0.385. The fourth-order valence-electron chi connectivity index (χ4n) is 2.57. The lowest BCUT2D eigenvalue weighted by molar-refractivity contribution is -0.145. The summed E-state index contributed by atoms with van der Waals surface area (Å²) in [6.07, 6.45) is 13.1. The maximum Gasteiger partial charge on any atom is 0.314 e. The molecule has 90 valence electrons. The average Bonchev–Trinajstić information content (AvgIpc) is 2.79. The first-order valence-corrected chi connectivity index (χ1v) is 5.89. The van der Waals surface area contributed by atoms with Gasteiger partial charge in [-0.15, -0.1) is 6.42 Å². The molecule has 0 aromatic carbocycles. The number of carbonyl (C=O) groups is 1. The highest BCUT2D eigenvalue weighted by molar-refractivity contribution is 5.81. The largest absolute Gasteiger partial charge is 0.481 e. The number of nitrogens with zero attached hydrogens (tertiary/aromatic N) is 2. The van der Waals surface area contributed by atoms with Crippen LogP contribution in [0.15, 0.2) is 12.4 Å². The van der Waals surface area contributed by atoms with Crippen LogP contribution in [0.1, 0.15) is 37.7 Å². The molecule has 0 radical (unpaired) electrons. The number of carboxylic acid groups (broad SMARTS) is 1. The van der Waals surface area contributed by atoms with Crippen molar-refractivity contribution in [2.75, 3.05) is 0 Å². The Hall–Kier alpha value is -1.76. The van der Waals surface area contributed by atoms with Gasteiger partial charge in [-0.25, -0.2) is 0 Å². The Morgan fingerprint density at radius 2 is 2.24 bits per heavy atom. The van der Waals surface area contributed by atoms with Crippen molar-refractivity contribution in [1.82, 2.24) is 9.78 Å². The summed E-state index contributed by atoms with van der Waals surface area (Å²) in [4.78, 5) is 11.6. The van der Waals surface area contributed by atoms with Crippen LogP contribution in [-0.4, -0.2) is 20.9 Å². The third-order valence-corrected chi connectivity index (χ3v) is 3.56. The molecular weight excluding hydrogens is 216 g/mol. The normalized spacial score (nSPS) is 18.5. The molecule has 1 fully saturated rings. The lowest BCUT2D eigenvalue weighted by atomic mass is 9.70. The van der Waals surface area contributed by atoms with Crippen LogP contribution in [0.3, 0.4) is 0 Å². The Kier molecular flexibility index (Phi) is 3.19. The van der Waals surface area contributed by atoms with E-state index < -0.39 is 11.4 Å². The molecule has 4 heteroatoms. The highest BCUT2D eigenvalue weighted by Crippen LogP contribution is 2.39. The van der Waals surface area contributed by atoms with Gasteiger partial charge < -0.3 is 5.11 Å². The first kappa shape index (κ1) is 11.7. The second-order valence-corrected chi connectivity index (χ2v) is 4.58. The van der Waals surface area contributed by atoms with Crippen LogP contribution in [0, 0.1) is 12.3 Å². The summed E-state index contributed by atoms with van der Waals surface area (Å²) < 4.78 is 1.62. The molecule has 17 heavy (non-hydrogen) atoms. The van der Waals surface area contributed by atoms with Crippen molar-refractivity contribution in [2.24, 2.45) is 0 Å². The SMILES string of the molecule is C#CCn1cc(C2(C(=O)O)CCCCC2)cn1. The summed E-state index contributed by atoms with van der Waals surface area (Å²) in [6, 6.07) is 0. The van der Waals surface area contributed by atoms with Gasteiger partial charge in [-0.1, -0.05) is 25.2 Å². The van der Waals surface area contributed by atoms with Crippen molar-refractivity contribution in [3.63, 3.8) is 0 Å². The topological polar surface area (TPSA) is 55.1 Å². The molecule has 1 aliphatic rings. The first-order chi connectivity index (χ1) is 8.19. The van der Waals surface area contributed by atoms with E-state index in [0.29, 0.717) is 19.4 Å². The minimum atomic E-state index is -0.745. The molecular formula is C13H16N2O2. The van der Waals surface area contributed by atoms with Crippen LogP contribution in [0.4, 0.5) is 0 Å². The molecule has 0 amide bonds. The molecule has 1 saturated carbocycles. The predicted octanol–water partition coefficient (Wildman–Crippen LogP) is 1.80. The molecule has 2 rings (SSSR count).